The average molecular weight is 346 g/mol. The average Bonchev–Trinajstić information content (AvgIpc) is 2.96. The molecule has 0 aliphatic carbocycles. The maximum absolute atomic E-state index is 12.6. The smallest absolute Gasteiger partial charge is 0.338 e. The van der Waals surface area contributed by atoms with E-state index in [2.05, 4.69) is 10.3 Å². The molecule has 0 radical (unpaired) electrons. The Balaban J connectivity index is 2.14. The van der Waals surface area contributed by atoms with Gasteiger partial charge in [-0.05, 0) is 59.7 Å². The summed E-state index contributed by atoms with van der Waals surface area (Å²) in [5, 5.41) is 8.07. The molecule has 1 aromatic carbocycles. The first-order valence-corrected chi connectivity index (χ1v) is 8.62. The highest BCUT2D eigenvalue weighted by Gasteiger charge is 2.28. The molecule has 7 nitrogen and oxygen atoms in total. The van der Waals surface area contributed by atoms with Gasteiger partial charge in [0.1, 0.15) is 5.52 Å². The number of rotatable bonds is 6. The van der Waals surface area contributed by atoms with Gasteiger partial charge in [0, 0.05) is 18.6 Å². The molecule has 0 bridgehead atoms. The van der Waals surface area contributed by atoms with Gasteiger partial charge in [-0.25, -0.2) is 9.48 Å². The quantitative estimate of drug-likeness (QED) is 0.752. The summed E-state index contributed by atoms with van der Waals surface area (Å²) in [6, 6.07) is 5.16. The molecule has 7 heteroatoms. The van der Waals surface area contributed by atoms with Crippen molar-refractivity contribution in [2.24, 2.45) is 0 Å². The summed E-state index contributed by atoms with van der Waals surface area (Å²) >= 11 is 0. The summed E-state index contributed by atoms with van der Waals surface area (Å²) in [6.45, 7) is 12.0. The number of esters is 1. The third-order valence-electron chi connectivity index (χ3n) is 4.05. The van der Waals surface area contributed by atoms with Crippen LogP contribution >= 0.6 is 0 Å². The van der Waals surface area contributed by atoms with Crippen molar-refractivity contribution >= 4 is 22.9 Å². The van der Waals surface area contributed by atoms with E-state index >= 15 is 0 Å². The molecule has 2 aromatic rings. The Bertz CT molecular complexity index is 759. The van der Waals surface area contributed by atoms with Gasteiger partial charge in [0.2, 0.25) is 0 Å². The number of hydrogen-bond donors (Lipinski definition) is 0. The van der Waals surface area contributed by atoms with Gasteiger partial charge < -0.3 is 9.64 Å². The van der Waals surface area contributed by atoms with Gasteiger partial charge in [-0.3, -0.25) is 4.79 Å². The number of benzene rings is 1. The number of amides is 1. The third-order valence-corrected chi connectivity index (χ3v) is 4.05. The molecule has 2 rings (SSSR count). The first kappa shape index (κ1) is 18.9. The zero-order valence-corrected chi connectivity index (χ0v) is 15.7. The maximum atomic E-state index is 12.6. The van der Waals surface area contributed by atoms with E-state index in [1.54, 1.807) is 34.7 Å². The zero-order chi connectivity index (χ0) is 18.7. The van der Waals surface area contributed by atoms with Crippen molar-refractivity contribution in [3.05, 3.63) is 23.8 Å². The summed E-state index contributed by atoms with van der Waals surface area (Å²) in [4.78, 5) is 26.7. The highest BCUT2D eigenvalue weighted by molar-refractivity contribution is 5.95. The van der Waals surface area contributed by atoms with Crippen LogP contribution in [-0.4, -0.2) is 50.0 Å². The Morgan fingerprint density at radius 1 is 1.16 bits per heavy atom. The Labute approximate surface area is 147 Å². The highest BCUT2D eigenvalue weighted by Crippen LogP contribution is 2.16. The van der Waals surface area contributed by atoms with E-state index in [4.69, 9.17) is 4.74 Å². The second-order valence-corrected chi connectivity index (χ2v) is 6.59. The molecule has 0 unspecified atom stereocenters. The van der Waals surface area contributed by atoms with Crippen LogP contribution in [0.3, 0.4) is 0 Å². The number of nitrogens with zero attached hydrogens (tertiary/aromatic N) is 4. The van der Waals surface area contributed by atoms with E-state index in [0.29, 0.717) is 17.6 Å². The van der Waals surface area contributed by atoms with Crippen molar-refractivity contribution in [1.82, 2.24) is 19.9 Å². The van der Waals surface area contributed by atoms with Crippen LogP contribution in [0.15, 0.2) is 18.2 Å². The normalized spacial score (nSPS) is 12.6. The molecule has 1 aromatic heterocycles. The van der Waals surface area contributed by atoms with Crippen molar-refractivity contribution in [1.29, 1.82) is 0 Å². The van der Waals surface area contributed by atoms with Crippen LogP contribution < -0.4 is 0 Å². The number of carbonyl (C=O) groups excluding carboxylic acids is 2. The molecule has 0 aliphatic heterocycles. The lowest BCUT2D eigenvalue weighted by Crippen LogP contribution is -2.47. The lowest BCUT2D eigenvalue weighted by Gasteiger charge is -2.32. The van der Waals surface area contributed by atoms with Gasteiger partial charge >= 0.3 is 5.97 Å². The highest BCUT2D eigenvalue weighted by atomic mass is 16.5. The second-order valence-electron chi connectivity index (χ2n) is 6.59. The van der Waals surface area contributed by atoms with E-state index in [9.17, 15) is 9.59 Å². The molecule has 0 aliphatic rings. The van der Waals surface area contributed by atoms with E-state index in [1.807, 2.05) is 34.6 Å². The van der Waals surface area contributed by atoms with Crippen LogP contribution in [0.4, 0.5) is 0 Å². The van der Waals surface area contributed by atoms with Crippen molar-refractivity contribution in [3.63, 3.8) is 0 Å². The predicted molar refractivity (Wildman–Crippen MR) is 95.2 cm³/mol. The van der Waals surface area contributed by atoms with Crippen LogP contribution in [0.2, 0.25) is 0 Å². The van der Waals surface area contributed by atoms with E-state index in [0.717, 1.165) is 5.52 Å². The first-order valence-electron chi connectivity index (χ1n) is 8.62. The van der Waals surface area contributed by atoms with E-state index in [-0.39, 0.29) is 18.0 Å². The fraction of sp³-hybridized carbons (Fsp3) is 0.556. The van der Waals surface area contributed by atoms with Gasteiger partial charge in [0.25, 0.3) is 5.91 Å². The van der Waals surface area contributed by atoms with Gasteiger partial charge in [-0.2, -0.15) is 0 Å². The molecular weight excluding hydrogens is 320 g/mol. The number of aromatic nitrogens is 3. The number of carbonyl (C=O) groups is 2. The van der Waals surface area contributed by atoms with Crippen LogP contribution in [0.1, 0.15) is 51.9 Å². The Kier molecular flexibility index (Phi) is 5.77. The van der Waals surface area contributed by atoms with Crippen LogP contribution in [0, 0.1) is 0 Å². The molecule has 0 saturated heterocycles. The van der Waals surface area contributed by atoms with Gasteiger partial charge in [-0.1, -0.05) is 5.21 Å². The lowest BCUT2D eigenvalue weighted by atomic mass is 10.2. The Morgan fingerprint density at radius 2 is 1.80 bits per heavy atom. The minimum atomic E-state index is -0.848. The van der Waals surface area contributed by atoms with Crippen molar-refractivity contribution in [3.8, 4) is 0 Å². The van der Waals surface area contributed by atoms with E-state index < -0.39 is 12.1 Å². The summed E-state index contributed by atoms with van der Waals surface area (Å²) < 4.78 is 7.13. The van der Waals surface area contributed by atoms with Crippen molar-refractivity contribution in [2.45, 2.75) is 66.3 Å². The molecule has 136 valence electrons. The molecule has 1 amide bonds. The van der Waals surface area contributed by atoms with Crippen molar-refractivity contribution < 1.29 is 14.3 Å². The van der Waals surface area contributed by atoms with Gasteiger partial charge in [0.15, 0.2) is 6.10 Å². The monoisotopic (exact) mass is 346 g/mol. The second kappa shape index (κ2) is 7.63. The molecule has 1 atom stereocenters. The first-order chi connectivity index (χ1) is 11.8. The van der Waals surface area contributed by atoms with Crippen molar-refractivity contribution in [2.75, 3.05) is 0 Å². The summed E-state index contributed by atoms with van der Waals surface area (Å²) in [6.07, 6.45) is -0.848. The maximum Gasteiger partial charge on any atom is 0.338 e. The van der Waals surface area contributed by atoms with Crippen LogP contribution in [0.25, 0.3) is 11.0 Å². The molecular formula is C18H26N4O3. The van der Waals surface area contributed by atoms with Crippen LogP contribution in [-0.2, 0) is 16.1 Å². The summed E-state index contributed by atoms with van der Waals surface area (Å²) in [5.74, 6) is -0.738. The molecule has 25 heavy (non-hydrogen) atoms. The number of fused-ring (bicyclic) bond motifs is 1. The summed E-state index contributed by atoms with van der Waals surface area (Å²) in [7, 11) is 0. The molecule has 0 N–H and O–H groups in total. The molecule has 0 fully saturated rings. The number of ether oxygens (including phenoxy) is 1. The summed E-state index contributed by atoms with van der Waals surface area (Å²) in [5.41, 5.74) is 1.84. The lowest BCUT2D eigenvalue weighted by molar-refractivity contribution is -0.143. The molecule has 0 saturated carbocycles. The van der Waals surface area contributed by atoms with Gasteiger partial charge in [0.05, 0.1) is 11.1 Å². The molecule has 0 spiro atoms. The fourth-order valence-corrected chi connectivity index (χ4v) is 2.93. The van der Waals surface area contributed by atoms with Crippen LogP contribution in [0.5, 0.6) is 0 Å². The number of aryl methyl sites for hydroxylation is 1. The minimum absolute atomic E-state index is 0.0362. The Hall–Kier alpha value is -2.44. The standard InChI is InChI=1S/C18H26N4O3/c1-7-21-16-9-8-14(10-15(16)19-20-21)18(24)25-13(6)17(23)22(11(2)3)12(4)5/h8-13H,7H2,1-6H3/t13-/m1/s1. The number of hydrogen-bond acceptors (Lipinski definition) is 5. The Morgan fingerprint density at radius 3 is 2.36 bits per heavy atom. The SMILES string of the molecule is CCn1nnc2cc(C(=O)O[C@H](C)C(=O)N(C(C)C)C(C)C)ccc21. The zero-order valence-electron chi connectivity index (χ0n) is 15.7. The van der Waals surface area contributed by atoms with Gasteiger partial charge in [-0.15, -0.1) is 5.10 Å². The fourth-order valence-electron chi connectivity index (χ4n) is 2.93. The van der Waals surface area contributed by atoms with E-state index in [1.165, 1.54) is 0 Å². The topological polar surface area (TPSA) is 77.3 Å². The minimum Gasteiger partial charge on any atom is -0.449 e. The largest absolute Gasteiger partial charge is 0.449 e. The predicted octanol–water partition coefficient (Wildman–Crippen LogP) is 2.64. The third kappa shape index (κ3) is 3.97. The molecule has 1 heterocycles.